The maximum Gasteiger partial charge on any atom is 0.271 e. The van der Waals surface area contributed by atoms with Crippen LogP contribution in [-0.2, 0) is 6.54 Å². The first-order valence-corrected chi connectivity index (χ1v) is 8.74. The molecule has 0 spiro atoms. The Kier molecular flexibility index (Phi) is 7.32. The Morgan fingerprint density at radius 1 is 1.27 bits per heavy atom. The molecule has 0 aliphatic carbocycles. The van der Waals surface area contributed by atoms with Gasteiger partial charge in [-0.1, -0.05) is 29.8 Å². The van der Waals surface area contributed by atoms with Crippen molar-refractivity contribution in [2.75, 3.05) is 0 Å². The molecular weight excluding hydrogens is 436 g/mol. The van der Waals surface area contributed by atoms with Gasteiger partial charge in [0.2, 0.25) is 4.80 Å². The Hall–Kier alpha value is -2.22. The molecule has 26 heavy (non-hydrogen) atoms. The van der Waals surface area contributed by atoms with Crippen molar-refractivity contribution in [2.24, 2.45) is 5.10 Å². The first-order valence-electron chi connectivity index (χ1n) is 7.48. The van der Waals surface area contributed by atoms with Gasteiger partial charge in [0.25, 0.3) is 5.91 Å². The zero-order chi connectivity index (χ0) is 17.6. The van der Waals surface area contributed by atoms with Crippen LogP contribution in [0.5, 0.6) is 0 Å². The zero-order valence-corrected chi connectivity index (χ0v) is 16.9. The number of nitrogens with one attached hydrogen (secondary N) is 1. The van der Waals surface area contributed by atoms with Gasteiger partial charge in [0.15, 0.2) is 0 Å². The molecule has 1 aromatic carbocycles. The van der Waals surface area contributed by atoms with Gasteiger partial charge in [0.05, 0.1) is 5.69 Å². The Bertz CT molecular complexity index is 951. The average molecular weight is 452 g/mol. The summed E-state index contributed by atoms with van der Waals surface area (Å²) < 4.78 is 1.98. The van der Waals surface area contributed by atoms with Gasteiger partial charge in [-0.15, -0.1) is 40.0 Å². The number of rotatable bonds is 5. The van der Waals surface area contributed by atoms with Crippen LogP contribution in [0.2, 0.25) is 5.02 Å². The fourth-order valence-corrected chi connectivity index (χ4v) is 3.25. The molecule has 1 amide bonds. The van der Waals surface area contributed by atoms with Crippen molar-refractivity contribution in [1.82, 2.24) is 15.0 Å². The number of hydrogen-bond donors (Lipinski definition) is 1. The third-order valence-electron chi connectivity index (χ3n) is 3.44. The fourth-order valence-electron chi connectivity index (χ4n) is 2.24. The third kappa shape index (κ3) is 4.69. The quantitative estimate of drug-likeness (QED) is 0.465. The van der Waals surface area contributed by atoms with Gasteiger partial charge >= 0.3 is 0 Å². The minimum Gasteiger partial charge on any atom is -0.311 e. The van der Waals surface area contributed by atoms with Crippen LogP contribution in [-0.4, -0.2) is 15.5 Å². The minimum absolute atomic E-state index is 0. The second kappa shape index (κ2) is 9.47. The minimum atomic E-state index is -0.283. The molecule has 0 fully saturated rings. The Morgan fingerprint density at radius 2 is 1.96 bits per heavy atom. The van der Waals surface area contributed by atoms with E-state index in [9.17, 15) is 4.79 Å². The van der Waals surface area contributed by atoms with Crippen LogP contribution in [0.15, 0.2) is 71.9 Å². The first kappa shape index (κ1) is 20.1. The first-order chi connectivity index (χ1) is 12.2. The van der Waals surface area contributed by atoms with Crippen LogP contribution in [0, 0.1) is 0 Å². The molecule has 1 N–H and O–H groups in total. The highest BCUT2D eigenvalue weighted by Gasteiger charge is 2.08. The zero-order valence-electron chi connectivity index (χ0n) is 13.6. The molecule has 0 bridgehead atoms. The van der Waals surface area contributed by atoms with E-state index >= 15 is 0 Å². The predicted octanol–water partition coefficient (Wildman–Crippen LogP) is 4.27. The van der Waals surface area contributed by atoms with Gasteiger partial charge in [-0.25, -0.2) is 5.43 Å². The van der Waals surface area contributed by atoms with Crippen molar-refractivity contribution >= 4 is 45.8 Å². The molecule has 0 aliphatic heterocycles. The van der Waals surface area contributed by atoms with Gasteiger partial charge in [0.1, 0.15) is 0 Å². The Balaban J connectivity index is 0.00000243. The van der Waals surface area contributed by atoms with Gasteiger partial charge in [0, 0.05) is 34.9 Å². The van der Waals surface area contributed by atoms with Crippen molar-refractivity contribution in [2.45, 2.75) is 6.54 Å². The number of carbonyl (C=O) groups is 1. The number of nitrogens with zero attached hydrogens (tertiary/aromatic N) is 3. The van der Waals surface area contributed by atoms with E-state index in [1.54, 1.807) is 30.6 Å². The van der Waals surface area contributed by atoms with Crippen molar-refractivity contribution < 1.29 is 4.79 Å². The summed E-state index contributed by atoms with van der Waals surface area (Å²) in [5.41, 5.74) is 5.09. The molecule has 0 atom stereocenters. The van der Waals surface area contributed by atoms with Crippen LogP contribution in [0.25, 0.3) is 11.3 Å². The van der Waals surface area contributed by atoms with E-state index in [0.29, 0.717) is 21.9 Å². The summed E-state index contributed by atoms with van der Waals surface area (Å²) in [6.45, 7) is 4.37. The van der Waals surface area contributed by atoms with Crippen LogP contribution in [0.3, 0.4) is 0 Å². The maximum atomic E-state index is 12.1. The number of aromatic nitrogens is 2. The molecular formula is C18H16BrClN4OS. The molecule has 0 radical (unpaired) electrons. The lowest BCUT2D eigenvalue weighted by molar-refractivity contribution is 0.0953. The number of carbonyl (C=O) groups excluding carboxylic acids is 1. The van der Waals surface area contributed by atoms with Gasteiger partial charge < -0.3 is 4.57 Å². The maximum absolute atomic E-state index is 12.1. The highest BCUT2D eigenvalue weighted by Crippen LogP contribution is 2.22. The van der Waals surface area contributed by atoms with Crippen LogP contribution >= 0.6 is 39.9 Å². The molecule has 134 valence electrons. The number of amides is 1. The summed E-state index contributed by atoms with van der Waals surface area (Å²) in [7, 11) is 0. The van der Waals surface area contributed by atoms with E-state index < -0.39 is 0 Å². The predicted molar refractivity (Wildman–Crippen MR) is 111 cm³/mol. The van der Waals surface area contributed by atoms with E-state index in [1.807, 2.05) is 34.2 Å². The lowest BCUT2D eigenvalue weighted by Crippen LogP contribution is -2.24. The number of pyridine rings is 1. The van der Waals surface area contributed by atoms with Crippen molar-refractivity contribution in [1.29, 1.82) is 0 Å². The molecule has 5 nitrogen and oxygen atoms in total. The SMILES string of the molecule is Br.C=CCn1c(-c2ccc(Cl)cc2)csc1=NNC(=O)c1ccncc1. The molecule has 2 heterocycles. The summed E-state index contributed by atoms with van der Waals surface area (Å²) in [6.07, 6.45) is 4.92. The smallest absolute Gasteiger partial charge is 0.271 e. The Morgan fingerprint density at radius 3 is 2.62 bits per heavy atom. The van der Waals surface area contributed by atoms with E-state index in [0.717, 1.165) is 11.3 Å². The van der Waals surface area contributed by atoms with E-state index in [4.69, 9.17) is 11.6 Å². The molecule has 3 aromatic rings. The van der Waals surface area contributed by atoms with E-state index in [1.165, 1.54) is 11.3 Å². The topological polar surface area (TPSA) is 59.3 Å². The summed E-state index contributed by atoms with van der Waals surface area (Å²) in [4.78, 5) is 16.7. The second-order valence-electron chi connectivity index (χ2n) is 5.10. The van der Waals surface area contributed by atoms with Crippen molar-refractivity contribution in [3.05, 3.63) is 82.2 Å². The monoisotopic (exact) mass is 450 g/mol. The van der Waals surface area contributed by atoms with Gasteiger partial charge in [-0.3, -0.25) is 9.78 Å². The largest absolute Gasteiger partial charge is 0.311 e. The highest BCUT2D eigenvalue weighted by atomic mass is 79.9. The second-order valence-corrected chi connectivity index (χ2v) is 6.37. The van der Waals surface area contributed by atoms with Gasteiger partial charge in [-0.2, -0.15) is 0 Å². The lowest BCUT2D eigenvalue weighted by atomic mass is 10.2. The highest BCUT2D eigenvalue weighted by molar-refractivity contribution is 8.93. The number of halogens is 2. The summed E-state index contributed by atoms with van der Waals surface area (Å²) in [6, 6.07) is 10.8. The molecule has 2 aromatic heterocycles. The number of hydrogen-bond acceptors (Lipinski definition) is 4. The number of benzene rings is 1. The van der Waals surface area contributed by atoms with Crippen molar-refractivity contribution in [3.8, 4) is 11.3 Å². The standard InChI is InChI=1S/C18H15ClN4OS.BrH/c1-2-11-23-16(13-3-5-15(19)6-4-13)12-25-18(23)22-21-17(24)14-7-9-20-10-8-14;/h2-10,12H,1,11H2,(H,21,24);1H. The molecule has 3 rings (SSSR count). The number of thiazole rings is 1. The molecule has 0 unspecified atom stereocenters. The third-order valence-corrected chi connectivity index (χ3v) is 4.56. The summed E-state index contributed by atoms with van der Waals surface area (Å²) >= 11 is 7.40. The molecule has 8 heteroatoms. The van der Waals surface area contributed by atoms with Gasteiger partial charge in [-0.05, 0) is 29.8 Å². The average Bonchev–Trinajstić information content (AvgIpc) is 3.04. The summed E-state index contributed by atoms with van der Waals surface area (Å²) in [5.74, 6) is -0.283. The van der Waals surface area contributed by atoms with Crippen LogP contribution in [0.4, 0.5) is 0 Å². The van der Waals surface area contributed by atoms with E-state index in [2.05, 4.69) is 22.1 Å². The fraction of sp³-hybridized carbons (Fsp3) is 0.0556. The lowest BCUT2D eigenvalue weighted by Gasteiger charge is -2.06. The molecule has 0 saturated carbocycles. The van der Waals surface area contributed by atoms with Crippen LogP contribution in [0.1, 0.15) is 10.4 Å². The van der Waals surface area contributed by atoms with Crippen molar-refractivity contribution in [3.63, 3.8) is 0 Å². The van der Waals surface area contributed by atoms with E-state index in [-0.39, 0.29) is 22.9 Å². The van der Waals surface area contributed by atoms with Crippen LogP contribution < -0.4 is 10.2 Å². The number of allylic oxidation sites excluding steroid dienone is 1. The molecule has 0 aliphatic rings. The molecule has 0 saturated heterocycles. The summed E-state index contributed by atoms with van der Waals surface area (Å²) in [5, 5.41) is 6.93. The Labute approximate surface area is 170 Å². The normalized spacial score (nSPS) is 10.9.